The monoisotopic (exact) mass is 255 g/mol. The van der Waals surface area contributed by atoms with Gasteiger partial charge in [-0.05, 0) is 37.8 Å². The molecule has 5 heteroatoms. The van der Waals surface area contributed by atoms with Crippen LogP contribution in [0.25, 0.3) is 0 Å². The van der Waals surface area contributed by atoms with E-state index in [0.717, 1.165) is 38.2 Å². The van der Waals surface area contributed by atoms with Gasteiger partial charge in [0.25, 0.3) is 5.91 Å². The van der Waals surface area contributed by atoms with Crippen molar-refractivity contribution in [1.82, 2.24) is 0 Å². The molecule has 0 radical (unpaired) electrons. The van der Waals surface area contributed by atoms with Gasteiger partial charge in [0.15, 0.2) is 11.6 Å². The number of primary amides is 1. The van der Waals surface area contributed by atoms with Crippen molar-refractivity contribution in [1.29, 1.82) is 0 Å². The number of carbonyl (C=O) groups excluding carboxylic acids is 1. The van der Waals surface area contributed by atoms with E-state index in [1.54, 1.807) is 0 Å². The smallest absolute Gasteiger partial charge is 0.254 e. The molecule has 98 valence electrons. The minimum Gasteiger partial charge on any atom is -0.487 e. The quantitative estimate of drug-likeness (QED) is 0.902. The maximum absolute atomic E-state index is 13.9. The molecule has 1 aromatic rings. The van der Waals surface area contributed by atoms with E-state index in [9.17, 15) is 13.6 Å². The molecule has 2 rings (SSSR count). The molecule has 1 aromatic carbocycles. The highest BCUT2D eigenvalue weighted by Crippen LogP contribution is 2.27. The van der Waals surface area contributed by atoms with E-state index in [2.05, 4.69) is 0 Å². The van der Waals surface area contributed by atoms with Crippen molar-refractivity contribution in [2.75, 3.05) is 0 Å². The highest BCUT2D eigenvalue weighted by Gasteiger charge is 2.22. The summed E-state index contributed by atoms with van der Waals surface area (Å²) in [6.07, 6.45) is 4.86. The molecule has 0 atom stereocenters. The molecule has 0 aliphatic heterocycles. The summed E-state index contributed by atoms with van der Waals surface area (Å²) >= 11 is 0. The molecule has 0 unspecified atom stereocenters. The van der Waals surface area contributed by atoms with Gasteiger partial charge in [-0.2, -0.15) is 0 Å². The van der Waals surface area contributed by atoms with Gasteiger partial charge < -0.3 is 10.5 Å². The molecule has 2 N–H and O–H groups in total. The Morgan fingerprint density at radius 1 is 1.22 bits per heavy atom. The fraction of sp³-hybridized carbons (Fsp3) is 0.462. The third kappa shape index (κ3) is 2.60. The minimum absolute atomic E-state index is 0.0700. The van der Waals surface area contributed by atoms with Gasteiger partial charge in [0.1, 0.15) is 11.4 Å². The van der Waals surface area contributed by atoms with E-state index in [-0.39, 0.29) is 11.9 Å². The van der Waals surface area contributed by atoms with Crippen LogP contribution in [-0.4, -0.2) is 12.0 Å². The molecule has 0 saturated heterocycles. The second-order valence-electron chi connectivity index (χ2n) is 4.48. The van der Waals surface area contributed by atoms with Crippen molar-refractivity contribution in [2.24, 2.45) is 5.73 Å². The van der Waals surface area contributed by atoms with Crippen LogP contribution in [0.3, 0.4) is 0 Å². The number of ether oxygens (including phenoxy) is 1. The first-order valence-corrected chi connectivity index (χ1v) is 6.04. The van der Waals surface area contributed by atoms with Crippen molar-refractivity contribution >= 4 is 5.91 Å². The van der Waals surface area contributed by atoms with Crippen LogP contribution in [0.5, 0.6) is 5.75 Å². The minimum atomic E-state index is -1.13. The zero-order valence-corrected chi connectivity index (χ0v) is 9.92. The van der Waals surface area contributed by atoms with E-state index in [1.807, 2.05) is 0 Å². The molecule has 18 heavy (non-hydrogen) atoms. The van der Waals surface area contributed by atoms with Gasteiger partial charge in [-0.25, -0.2) is 8.78 Å². The predicted molar refractivity (Wildman–Crippen MR) is 62.4 cm³/mol. The van der Waals surface area contributed by atoms with Crippen LogP contribution in [0.4, 0.5) is 8.78 Å². The first-order valence-electron chi connectivity index (χ1n) is 6.04. The highest BCUT2D eigenvalue weighted by atomic mass is 19.1. The zero-order chi connectivity index (χ0) is 13.1. The number of hydrogen-bond donors (Lipinski definition) is 1. The number of rotatable bonds is 3. The van der Waals surface area contributed by atoms with Crippen LogP contribution in [0.2, 0.25) is 0 Å². The van der Waals surface area contributed by atoms with Crippen molar-refractivity contribution in [3.63, 3.8) is 0 Å². The van der Waals surface area contributed by atoms with Crippen LogP contribution >= 0.6 is 0 Å². The van der Waals surface area contributed by atoms with Crippen LogP contribution in [0.15, 0.2) is 12.1 Å². The van der Waals surface area contributed by atoms with Gasteiger partial charge in [-0.15, -0.1) is 0 Å². The van der Waals surface area contributed by atoms with E-state index in [0.29, 0.717) is 0 Å². The first kappa shape index (κ1) is 12.8. The number of benzene rings is 1. The van der Waals surface area contributed by atoms with Crippen LogP contribution in [0, 0.1) is 11.6 Å². The fourth-order valence-corrected chi connectivity index (χ4v) is 2.21. The number of hydrogen-bond acceptors (Lipinski definition) is 2. The molecular weight excluding hydrogens is 240 g/mol. The van der Waals surface area contributed by atoms with Crippen molar-refractivity contribution in [2.45, 2.75) is 38.2 Å². The second-order valence-corrected chi connectivity index (χ2v) is 4.48. The summed E-state index contributed by atoms with van der Waals surface area (Å²) in [4.78, 5) is 11.0. The first-order chi connectivity index (χ1) is 8.59. The molecule has 0 aromatic heterocycles. The zero-order valence-electron chi connectivity index (χ0n) is 9.92. The number of halogens is 2. The number of carbonyl (C=O) groups is 1. The lowest BCUT2D eigenvalue weighted by atomic mass is 9.98. The molecule has 1 amide bonds. The average Bonchev–Trinajstić information content (AvgIpc) is 2.34. The number of nitrogens with two attached hydrogens (primary N) is 1. The normalized spacial score (nSPS) is 16.6. The Morgan fingerprint density at radius 2 is 1.89 bits per heavy atom. The summed E-state index contributed by atoms with van der Waals surface area (Å²) in [6, 6.07) is 2.20. The van der Waals surface area contributed by atoms with Crippen LogP contribution in [-0.2, 0) is 0 Å². The van der Waals surface area contributed by atoms with Gasteiger partial charge in [-0.3, -0.25) is 4.79 Å². The SMILES string of the molecule is NC(=O)c1c(F)ccc(OC2CCCCC2)c1F. The maximum atomic E-state index is 13.9. The largest absolute Gasteiger partial charge is 0.487 e. The Labute approximate surface area is 104 Å². The molecule has 1 aliphatic carbocycles. The van der Waals surface area contributed by atoms with Gasteiger partial charge in [0.2, 0.25) is 0 Å². The highest BCUT2D eigenvalue weighted by molar-refractivity contribution is 5.93. The Morgan fingerprint density at radius 3 is 2.50 bits per heavy atom. The Kier molecular flexibility index (Phi) is 3.79. The molecular formula is C13H15F2NO2. The van der Waals surface area contributed by atoms with Crippen LogP contribution < -0.4 is 10.5 Å². The third-order valence-electron chi connectivity index (χ3n) is 3.15. The van der Waals surface area contributed by atoms with Gasteiger partial charge in [0, 0.05) is 0 Å². The van der Waals surface area contributed by atoms with Crippen molar-refractivity contribution in [3.05, 3.63) is 29.3 Å². The molecule has 0 bridgehead atoms. The van der Waals surface area contributed by atoms with E-state index in [4.69, 9.17) is 10.5 Å². The maximum Gasteiger partial charge on any atom is 0.254 e. The lowest BCUT2D eigenvalue weighted by Crippen LogP contribution is -2.22. The lowest BCUT2D eigenvalue weighted by Gasteiger charge is -2.23. The summed E-state index contributed by atoms with van der Waals surface area (Å²) in [7, 11) is 0. The summed E-state index contributed by atoms with van der Waals surface area (Å²) in [5.41, 5.74) is 4.21. The Bertz CT molecular complexity index is 457. The fourth-order valence-electron chi connectivity index (χ4n) is 2.21. The predicted octanol–water partition coefficient (Wildman–Crippen LogP) is 2.78. The van der Waals surface area contributed by atoms with Crippen molar-refractivity contribution in [3.8, 4) is 5.75 Å². The van der Waals surface area contributed by atoms with Gasteiger partial charge in [-0.1, -0.05) is 6.42 Å². The van der Waals surface area contributed by atoms with E-state index >= 15 is 0 Å². The molecule has 0 spiro atoms. The topological polar surface area (TPSA) is 52.3 Å². The summed E-state index contributed by atoms with van der Waals surface area (Å²) in [6.45, 7) is 0. The molecule has 1 saturated carbocycles. The summed E-state index contributed by atoms with van der Waals surface area (Å²) in [5, 5.41) is 0. The van der Waals surface area contributed by atoms with Gasteiger partial charge in [0.05, 0.1) is 6.10 Å². The second kappa shape index (κ2) is 5.33. The van der Waals surface area contributed by atoms with Gasteiger partial charge >= 0.3 is 0 Å². The third-order valence-corrected chi connectivity index (χ3v) is 3.15. The standard InChI is InChI=1S/C13H15F2NO2/c14-9-6-7-10(12(15)11(9)13(16)17)18-8-4-2-1-3-5-8/h6-8H,1-5H2,(H2,16,17). The molecule has 1 aliphatic rings. The molecule has 3 nitrogen and oxygen atoms in total. The molecule has 1 fully saturated rings. The summed E-state index contributed by atoms with van der Waals surface area (Å²) < 4.78 is 32.6. The van der Waals surface area contributed by atoms with E-state index < -0.39 is 23.1 Å². The Balaban J connectivity index is 2.22. The summed E-state index contributed by atoms with van der Waals surface area (Å²) in [5.74, 6) is -3.19. The van der Waals surface area contributed by atoms with Crippen molar-refractivity contribution < 1.29 is 18.3 Å². The number of amides is 1. The van der Waals surface area contributed by atoms with E-state index in [1.165, 1.54) is 6.07 Å². The lowest BCUT2D eigenvalue weighted by molar-refractivity contribution is 0.0988. The Hall–Kier alpha value is -1.65. The molecule has 0 heterocycles. The van der Waals surface area contributed by atoms with Crippen LogP contribution in [0.1, 0.15) is 42.5 Å². The average molecular weight is 255 g/mol.